The quantitative estimate of drug-likeness (QED) is 0.753. The summed E-state index contributed by atoms with van der Waals surface area (Å²) in [6, 6.07) is 0. The standard InChI is InChI=1S/C12H21NO3/c1-10(2)11(3,8(14)13-5)6-7-12(10,4)9(15)16/h6-7H2,1-5H3,(H,13,14)(H,15,16). The normalized spacial score (nSPS) is 37.1. The highest BCUT2D eigenvalue weighted by molar-refractivity contribution is 5.86. The van der Waals surface area contributed by atoms with E-state index in [1.165, 1.54) is 0 Å². The lowest BCUT2D eigenvalue weighted by atomic mass is 9.59. The van der Waals surface area contributed by atoms with Crippen molar-refractivity contribution in [2.75, 3.05) is 7.05 Å². The van der Waals surface area contributed by atoms with Crippen molar-refractivity contribution in [2.24, 2.45) is 16.2 Å². The lowest BCUT2D eigenvalue weighted by molar-refractivity contribution is -0.158. The van der Waals surface area contributed by atoms with Crippen molar-refractivity contribution in [3.05, 3.63) is 0 Å². The summed E-state index contributed by atoms with van der Waals surface area (Å²) in [5.74, 6) is -0.882. The van der Waals surface area contributed by atoms with E-state index in [-0.39, 0.29) is 5.91 Å². The third-order valence-corrected chi connectivity index (χ3v) is 5.08. The van der Waals surface area contributed by atoms with Crippen LogP contribution in [0.15, 0.2) is 0 Å². The van der Waals surface area contributed by atoms with Gasteiger partial charge in [-0.3, -0.25) is 9.59 Å². The predicted molar refractivity (Wildman–Crippen MR) is 60.9 cm³/mol. The minimum atomic E-state index is -0.839. The van der Waals surface area contributed by atoms with Gasteiger partial charge in [-0.1, -0.05) is 20.8 Å². The van der Waals surface area contributed by atoms with Gasteiger partial charge in [0.25, 0.3) is 0 Å². The highest BCUT2D eigenvalue weighted by atomic mass is 16.4. The molecule has 2 atom stereocenters. The SMILES string of the molecule is CNC(=O)C1(C)CCC(C)(C(=O)O)C1(C)C. The van der Waals surface area contributed by atoms with Crippen LogP contribution in [0.1, 0.15) is 40.5 Å². The van der Waals surface area contributed by atoms with Crippen LogP contribution < -0.4 is 5.32 Å². The van der Waals surface area contributed by atoms with E-state index in [1.807, 2.05) is 20.8 Å². The fourth-order valence-corrected chi connectivity index (χ4v) is 2.78. The van der Waals surface area contributed by atoms with Crippen LogP contribution in [0.5, 0.6) is 0 Å². The second-order valence-electron chi connectivity index (χ2n) is 5.67. The molecule has 0 saturated heterocycles. The molecule has 1 rings (SSSR count). The van der Waals surface area contributed by atoms with Crippen LogP contribution in [0.2, 0.25) is 0 Å². The van der Waals surface area contributed by atoms with Gasteiger partial charge in [0.1, 0.15) is 0 Å². The summed E-state index contributed by atoms with van der Waals surface area (Å²) in [7, 11) is 1.60. The molecule has 0 heterocycles. The van der Waals surface area contributed by atoms with Crippen molar-refractivity contribution >= 4 is 11.9 Å². The number of carbonyl (C=O) groups is 2. The van der Waals surface area contributed by atoms with Gasteiger partial charge in [0.05, 0.1) is 10.8 Å². The number of amides is 1. The highest BCUT2D eigenvalue weighted by Crippen LogP contribution is 2.62. The molecule has 1 aliphatic carbocycles. The molecule has 16 heavy (non-hydrogen) atoms. The summed E-state index contributed by atoms with van der Waals surface area (Å²) < 4.78 is 0. The summed E-state index contributed by atoms with van der Waals surface area (Å²) in [4.78, 5) is 23.4. The number of carboxylic acids is 1. The number of carbonyl (C=O) groups excluding carboxylic acids is 1. The van der Waals surface area contributed by atoms with Gasteiger partial charge < -0.3 is 10.4 Å². The Balaban J connectivity index is 3.24. The Morgan fingerprint density at radius 1 is 1.06 bits per heavy atom. The Morgan fingerprint density at radius 2 is 1.50 bits per heavy atom. The maximum absolute atomic E-state index is 12.0. The van der Waals surface area contributed by atoms with Gasteiger partial charge >= 0.3 is 5.97 Å². The number of hydrogen-bond donors (Lipinski definition) is 2. The average molecular weight is 227 g/mol. The van der Waals surface area contributed by atoms with Crippen molar-refractivity contribution in [3.8, 4) is 0 Å². The summed E-state index contributed by atoms with van der Waals surface area (Å²) in [6.45, 7) is 7.36. The van der Waals surface area contributed by atoms with Gasteiger partial charge in [0.15, 0.2) is 0 Å². The van der Waals surface area contributed by atoms with Crippen LogP contribution >= 0.6 is 0 Å². The van der Waals surface area contributed by atoms with E-state index >= 15 is 0 Å². The van der Waals surface area contributed by atoms with Crippen molar-refractivity contribution in [1.29, 1.82) is 0 Å². The molecule has 4 heteroatoms. The smallest absolute Gasteiger partial charge is 0.309 e. The van der Waals surface area contributed by atoms with Crippen LogP contribution in [0.3, 0.4) is 0 Å². The molecular formula is C12H21NO3. The topological polar surface area (TPSA) is 66.4 Å². The van der Waals surface area contributed by atoms with Crippen LogP contribution in [0.25, 0.3) is 0 Å². The molecule has 0 radical (unpaired) electrons. The van der Waals surface area contributed by atoms with Crippen LogP contribution in [0, 0.1) is 16.2 Å². The Bertz CT molecular complexity index is 337. The van der Waals surface area contributed by atoms with Gasteiger partial charge in [0, 0.05) is 7.05 Å². The van der Waals surface area contributed by atoms with E-state index < -0.39 is 22.2 Å². The van der Waals surface area contributed by atoms with E-state index in [1.54, 1.807) is 14.0 Å². The maximum atomic E-state index is 12.0. The molecule has 2 N–H and O–H groups in total. The molecule has 0 aromatic carbocycles. The van der Waals surface area contributed by atoms with Gasteiger partial charge in [-0.15, -0.1) is 0 Å². The predicted octanol–water partition coefficient (Wildman–Crippen LogP) is 1.65. The minimum Gasteiger partial charge on any atom is -0.481 e. The van der Waals surface area contributed by atoms with Crippen LogP contribution in [-0.4, -0.2) is 24.0 Å². The van der Waals surface area contributed by atoms with E-state index in [0.29, 0.717) is 12.8 Å². The first kappa shape index (κ1) is 13.0. The Morgan fingerprint density at radius 3 is 1.81 bits per heavy atom. The highest BCUT2D eigenvalue weighted by Gasteiger charge is 2.64. The van der Waals surface area contributed by atoms with Crippen molar-refractivity contribution in [1.82, 2.24) is 5.32 Å². The maximum Gasteiger partial charge on any atom is 0.309 e. The van der Waals surface area contributed by atoms with E-state index in [4.69, 9.17) is 0 Å². The first-order valence-corrected chi connectivity index (χ1v) is 5.59. The zero-order chi connectivity index (χ0) is 12.8. The molecule has 0 spiro atoms. The van der Waals surface area contributed by atoms with Gasteiger partial charge in [-0.25, -0.2) is 0 Å². The zero-order valence-corrected chi connectivity index (χ0v) is 10.7. The monoisotopic (exact) mass is 227 g/mol. The van der Waals surface area contributed by atoms with Gasteiger partial charge in [-0.05, 0) is 25.2 Å². The first-order chi connectivity index (χ1) is 7.13. The molecule has 2 unspecified atom stereocenters. The Kier molecular flexibility index (Phi) is 2.82. The molecule has 1 fully saturated rings. The zero-order valence-electron chi connectivity index (χ0n) is 10.7. The largest absolute Gasteiger partial charge is 0.481 e. The Hall–Kier alpha value is -1.06. The molecule has 1 amide bonds. The molecule has 4 nitrogen and oxygen atoms in total. The third kappa shape index (κ3) is 1.28. The summed E-state index contributed by atoms with van der Waals surface area (Å²) in [5.41, 5.74) is -2.02. The van der Waals surface area contributed by atoms with Crippen molar-refractivity contribution in [2.45, 2.75) is 40.5 Å². The minimum absolute atomic E-state index is 0.0672. The lowest BCUT2D eigenvalue weighted by Gasteiger charge is -2.43. The van der Waals surface area contributed by atoms with Crippen LogP contribution in [0.4, 0.5) is 0 Å². The molecule has 1 aliphatic rings. The summed E-state index contributed by atoms with van der Waals surface area (Å²) in [5, 5.41) is 12.0. The summed E-state index contributed by atoms with van der Waals surface area (Å²) >= 11 is 0. The summed E-state index contributed by atoms with van der Waals surface area (Å²) in [6.07, 6.45) is 1.15. The number of aliphatic carboxylic acids is 1. The first-order valence-electron chi connectivity index (χ1n) is 5.59. The molecule has 1 saturated carbocycles. The number of hydrogen-bond acceptors (Lipinski definition) is 2. The fraction of sp³-hybridized carbons (Fsp3) is 0.833. The van der Waals surface area contributed by atoms with E-state index in [0.717, 1.165) is 0 Å². The molecular weight excluding hydrogens is 206 g/mol. The second kappa shape index (κ2) is 3.47. The van der Waals surface area contributed by atoms with Gasteiger partial charge in [0.2, 0.25) is 5.91 Å². The molecule has 0 aromatic heterocycles. The lowest BCUT2D eigenvalue weighted by Crippen LogP contribution is -2.51. The van der Waals surface area contributed by atoms with Crippen molar-refractivity contribution in [3.63, 3.8) is 0 Å². The van der Waals surface area contributed by atoms with Crippen LogP contribution in [-0.2, 0) is 9.59 Å². The molecule has 0 bridgehead atoms. The van der Waals surface area contributed by atoms with E-state index in [9.17, 15) is 14.7 Å². The van der Waals surface area contributed by atoms with E-state index in [2.05, 4.69) is 5.32 Å². The number of nitrogens with one attached hydrogen (secondary N) is 1. The van der Waals surface area contributed by atoms with Crippen molar-refractivity contribution < 1.29 is 14.7 Å². The molecule has 92 valence electrons. The molecule has 0 aliphatic heterocycles. The average Bonchev–Trinajstić information content (AvgIpc) is 2.40. The fourth-order valence-electron chi connectivity index (χ4n) is 2.78. The second-order valence-corrected chi connectivity index (χ2v) is 5.67. The van der Waals surface area contributed by atoms with Gasteiger partial charge in [-0.2, -0.15) is 0 Å². The third-order valence-electron chi connectivity index (χ3n) is 5.08. The number of carboxylic acid groups (broad SMARTS) is 1. The Labute approximate surface area is 96.4 Å². The molecule has 0 aromatic rings. The number of rotatable bonds is 2.